The molecule has 0 aliphatic rings. The van der Waals surface area contributed by atoms with Crippen molar-refractivity contribution in [1.29, 1.82) is 0 Å². The Morgan fingerprint density at radius 1 is 1.22 bits per heavy atom. The number of aromatic amines is 1. The molecule has 0 fully saturated rings. The van der Waals surface area contributed by atoms with Gasteiger partial charge in [0.2, 0.25) is 0 Å². The highest BCUT2D eigenvalue weighted by Gasteiger charge is 2.19. The number of H-pyrrole nitrogens is 1. The Balaban J connectivity index is 1.56. The van der Waals surface area contributed by atoms with Gasteiger partial charge in [0.25, 0.3) is 0 Å². The molecule has 7 nitrogen and oxygen atoms in total. The average molecular weight is 406 g/mol. The van der Waals surface area contributed by atoms with E-state index in [2.05, 4.69) is 20.4 Å². The number of fused-ring (bicyclic) bond motifs is 1. The second kappa shape index (κ2) is 8.24. The number of ether oxygens (including phenoxy) is 1. The van der Waals surface area contributed by atoms with Gasteiger partial charge in [-0.05, 0) is 41.6 Å². The van der Waals surface area contributed by atoms with Crippen molar-refractivity contribution >= 4 is 57.3 Å². The number of aromatic nitrogens is 1. The zero-order valence-corrected chi connectivity index (χ0v) is 15.9. The van der Waals surface area contributed by atoms with Crippen LogP contribution in [0, 0.1) is 0 Å². The lowest BCUT2D eigenvalue weighted by molar-refractivity contribution is -0.136. The van der Waals surface area contributed by atoms with Crippen LogP contribution in [0.4, 0.5) is 5.69 Å². The molecule has 0 bridgehead atoms. The first-order chi connectivity index (χ1) is 13.0. The number of carbonyl (C=O) groups excluding carboxylic acids is 3. The number of thiophene rings is 1. The topological polar surface area (TPSA) is 100 Å². The van der Waals surface area contributed by atoms with Gasteiger partial charge in [-0.15, -0.1) is 11.3 Å². The molecule has 2 heterocycles. The summed E-state index contributed by atoms with van der Waals surface area (Å²) >= 11 is 7.14. The normalized spacial score (nSPS) is 10.6. The van der Waals surface area contributed by atoms with Gasteiger partial charge in [0.15, 0.2) is 0 Å². The summed E-state index contributed by atoms with van der Waals surface area (Å²) < 4.78 is 4.63. The summed E-state index contributed by atoms with van der Waals surface area (Å²) in [4.78, 5) is 39.0. The lowest BCUT2D eigenvalue weighted by Gasteiger charge is -2.07. The number of hydrogen-bond donors (Lipinski definition) is 3. The highest BCUT2D eigenvalue weighted by Crippen LogP contribution is 2.23. The first-order valence-electron chi connectivity index (χ1n) is 8.00. The van der Waals surface area contributed by atoms with Crippen LogP contribution >= 0.6 is 22.9 Å². The Morgan fingerprint density at radius 2 is 2.04 bits per heavy atom. The average Bonchev–Trinajstić information content (AvgIpc) is 3.28. The molecule has 0 unspecified atom stereocenters. The number of carbonyl (C=O) groups is 3. The molecule has 0 aliphatic heterocycles. The van der Waals surface area contributed by atoms with Crippen molar-refractivity contribution in [2.45, 2.75) is 6.42 Å². The van der Waals surface area contributed by atoms with Crippen molar-refractivity contribution < 1.29 is 19.1 Å². The van der Waals surface area contributed by atoms with Crippen LogP contribution in [0.15, 0.2) is 35.8 Å². The maximum atomic E-state index is 12.0. The zero-order valence-electron chi connectivity index (χ0n) is 14.3. The van der Waals surface area contributed by atoms with Crippen molar-refractivity contribution in [3.8, 4) is 0 Å². The molecule has 0 atom stereocenters. The number of anilines is 1. The summed E-state index contributed by atoms with van der Waals surface area (Å²) in [6, 6.07) is 7.07. The molecule has 2 amide bonds. The van der Waals surface area contributed by atoms with Crippen LogP contribution in [0.5, 0.6) is 0 Å². The van der Waals surface area contributed by atoms with Crippen LogP contribution < -0.4 is 10.6 Å². The van der Waals surface area contributed by atoms with Crippen molar-refractivity contribution in [2.75, 3.05) is 19.0 Å². The Hall–Kier alpha value is -2.84. The number of rotatable bonds is 5. The summed E-state index contributed by atoms with van der Waals surface area (Å²) in [5.74, 6) is -2.20. The van der Waals surface area contributed by atoms with E-state index in [9.17, 15) is 14.4 Å². The van der Waals surface area contributed by atoms with E-state index in [0.29, 0.717) is 11.4 Å². The maximum absolute atomic E-state index is 12.0. The summed E-state index contributed by atoms with van der Waals surface area (Å²) in [7, 11) is 1.25. The first kappa shape index (κ1) is 18.9. The molecule has 0 saturated carbocycles. The van der Waals surface area contributed by atoms with Crippen LogP contribution in [0.1, 0.15) is 15.2 Å². The first-order valence-corrected chi connectivity index (χ1v) is 9.26. The van der Waals surface area contributed by atoms with Crippen LogP contribution in [-0.2, 0) is 20.7 Å². The third-order valence-corrected chi connectivity index (χ3v) is 5.03. The van der Waals surface area contributed by atoms with Gasteiger partial charge in [-0.1, -0.05) is 11.6 Å². The monoisotopic (exact) mass is 405 g/mol. The fraction of sp³-hybridized carbons (Fsp3) is 0.167. The van der Waals surface area contributed by atoms with E-state index < -0.39 is 17.8 Å². The minimum absolute atomic E-state index is 0.231. The van der Waals surface area contributed by atoms with E-state index in [0.717, 1.165) is 27.8 Å². The number of nitrogens with one attached hydrogen (secondary N) is 3. The van der Waals surface area contributed by atoms with Gasteiger partial charge in [-0.2, -0.15) is 0 Å². The van der Waals surface area contributed by atoms with Crippen LogP contribution in [0.3, 0.4) is 0 Å². The third-order valence-electron chi connectivity index (χ3n) is 3.90. The Morgan fingerprint density at radius 3 is 2.81 bits per heavy atom. The molecular weight excluding hydrogens is 390 g/mol. The molecule has 2 aromatic heterocycles. The zero-order chi connectivity index (χ0) is 19.4. The molecule has 9 heteroatoms. The van der Waals surface area contributed by atoms with Gasteiger partial charge in [0, 0.05) is 28.7 Å². The fourth-order valence-corrected chi connectivity index (χ4v) is 3.52. The molecule has 27 heavy (non-hydrogen) atoms. The van der Waals surface area contributed by atoms with E-state index in [1.807, 2.05) is 18.3 Å². The molecular formula is C18H16ClN3O4S. The van der Waals surface area contributed by atoms with Gasteiger partial charge in [-0.25, -0.2) is 4.79 Å². The molecule has 3 aromatic rings. The van der Waals surface area contributed by atoms with Gasteiger partial charge >= 0.3 is 17.8 Å². The molecule has 0 saturated heterocycles. The number of methoxy groups -OCH3 is 1. The highest BCUT2D eigenvalue weighted by atomic mass is 35.5. The van der Waals surface area contributed by atoms with E-state index in [-0.39, 0.29) is 17.1 Å². The maximum Gasteiger partial charge on any atom is 0.350 e. The van der Waals surface area contributed by atoms with Gasteiger partial charge < -0.3 is 20.4 Å². The van der Waals surface area contributed by atoms with Crippen molar-refractivity contribution in [3.05, 3.63) is 51.3 Å². The second-order valence-electron chi connectivity index (χ2n) is 5.62. The molecule has 0 aliphatic carbocycles. The molecule has 0 radical (unpaired) electrons. The fourth-order valence-electron chi connectivity index (χ4n) is 2.59. The van der Waals surface area contributed by atoms with E-state index >= 15 is 0 Å². The largest absolute Gasteiger partial charge is 0.465 e. The standard InChI is InChI=1S/C18H16ClN3O4S/c1-26-18(25)15-14(5-7-27-15)22-17(24)16(23)20-6-4-10-9-21-13-3-2-11(19)8-12(10)13/h2-3,5,7-9,21H,4,6H2,1H3,(H,20,23)(H,22,24). The van der Waals surface area contributed by atoms with Crippen LogP contribution in [0.2, 0.25) is 5.02 Å². The summed E-state index contributed by atoms with van der Waals surface area (Å²) in [5.41, 5.74) is 2.18. The number of amides is 2. The number of esters is 1. The molecule has 140 valence electrons. The molecule has 3 rings (SSSR count). The predicted octanol–water partition coefficient (Wildman–Crippen LogP) is 2.97. The minimum Gasteiger partial charge on any atom is -0.465 e. The third kappa shape index (κ3) is 4.29. The lowest BCUT2D eigenvalue weighted by atomic mass is 10.1. The SMILES string of the molecule is COC(=O)c1sccc1NC(=O)C(=O)NCCc1c[nH]c2ccc(Cl)cc12. The Kier molecular flexibility index (Phi) is 5.78. The van der Waals surface area contributed by atoms with Crippen molar-refractivity contribution in [1.82, 2.24) is 10.3 Å². The molecule has 3 N–H and O–H groups in total. The van der Waals surface area contributed by atoms with Gasteiger partial charge in [0.05, 0.1) is 12.8 Å². The molecule has 1 aromatic carbocycles. The highest BCUT2D eigenvalue weighted by molar-refractivity contribution is 7.12. The van der Waals surface area contributed by atoms with Crippen LogP contribution in [0.25, 0.3) is 10.9 Å². The quantitative estimate of drug-likeness (QED) is 0.448. The van der Waals surface area contributed by atoms with Crippen molar-refractivity contribution in [3.63, 3.8) is 0 Å². The molecule has 0 spiro atoms. The van der Waals surface area contributed by atoms with E-state index in [4.69, 9.17) is 11.6 Å². The van der Waals surface area contributed by atoms with Crippen molar-refractivity contribution in [2.24, 2.45) is 0 Å². The van der Waals surface area contributed by atoms with E-state index in [1.54, 1.807) is 11.4 Å². The second-order valence-corrected chi connectivity index (χ2v) is 6.97. The van der Waals surface area contributed by atoms with Gasteiger partial charge in [0.1, 0.15) is 4.88 Å². The van der Waals surface area contributed by atoms with Gasteiger partial charge in [-0.3, -0.25) is 9.59 Å². The smallest absolute Gasteiger partial charge is 0.350 e. The predicted molar refractivity (Wildman–Crippen MR) is 104 cm³/mol. The summed E-state index contributed by atoms with van der Waals surface area (Å²) in [6.07, 6.45) is 2.38. The number of benzene rings is 1. The minimum atomic E-state index is -0.847. The number of hydrogen-bond acceptors (Lipinski definition) is 5. The van der Waals surface area contributed by atoms with E-state index in [1.165, 1.54) is 13.2 Å². The summed E-state index contributed by atoms with van der Waals surface area (Å²) in [6.45, 7) is 0.277. The number of halogens is 1. The Bertz CT molecular complexity index is 1010. The Labute approximate surface area is 163 Å². The lowest BCUT2D eigenvalue weighted by Crippen LogP contribution is -2.36. The van der Waals surface area contributed by atoms with Crippen LogP contribution in [-0.4, -0.2) is 36.4 Å². The summed E-state index contributed by atoms with van der Waals surface area (Å²) in [5, 5.41) is 8.22.